The second kappa shape index (κ2) is 18.3. The first-order valence-electron chi connectivity index (χ1n) is 13.3. The zero-order valence-electron chi connectivity index (χ0n) is 24.2. The summed E-state index contributed by atoms with van der Waals surface area (Å²) in [4.78, 5) is 36.7. The number of ether oxygens (including phenoxy) is 4. The number of nitrogens with zero attached hydrogens (tertiary/aromatic N) is 1. The van der Waals surface area contributed by atoms with Gasteiger partial charge in [-0.2, -0.15) is 0 Å². The largest absolute Gasteiger partial charge is 0.462 e. The smallest absolute Gasteiger partial charge is 0.308 e. The van der Waals surface area contributed by atoms with Gasteiger partial charge in [-0.1, -0.05) is 54.5 Å². The topological polar surface area (TPSA) is 91.4 Å². The summed E-state index contributed by atoms with van der Waals surface area (Å²) in [5, 5.41) is 0. The summed E-state index contributed by atoms with van der Waals surface area (Å²) >= 11 is 0. The molecule has 0 aliphatic rings. The quantitative estimate of drug-likeness (QED) is 0.177. The first-order valence-corrected chi connectivity index (χ1v) is 13.3. The maximum absolute atomic E-state index is 12.5. The summed E-state index contributed by atoms with van der Waals surface area (Å²) in [5.41, 5.74) is 0. The molecule has 8 nitrogen and oxygen atoms in total. The lowest BCUT2D eigenvalue weighted by Gasteiger charge is -2.34. The van der Waals surface area contributed by atoms with Gasteiger partial charge in [0.2, 0.25) is 6.41 Å². The van der Waals surface area contributed by atoms with Gasteiger partial charge in [-0.25, -0.2) is 0 Å². The lowest BCUT2D eigenvalue weighted by Crippen LogP contribution is -2.39. The third kappa shape index (κ3) is 12.3. The standard InChI is InChI=1S/C28H51NO7/c1-11-23(35-26(31)12-2)17-25(33-9)20(5)13-14-24(36-28(32)19(3)4)22(7)27(34-10)21(6)15-16-29(8)18-30/h15-16,18-25,27H,11-14,17H2,1-10H3/b16-15+/t20-,21+,22-,23+,24+,25-,27+/m0/s1. The molecule has 0 heterocycles. The van der Waals surface area contributed by atoms with Crippen molar-refractivity contribution in [1.82, 2.24) is 4.90 Å². The molecule has 0 aromatic heterocycles. The normalized spacial score (nSPS) is 17.6. The zero-order valence-corrected chi connectivity index (χ0v) is 24.2. The van der Waals surface area contributed by atoms with Crippen LogP contribution in [0.3, 0.4) is 0 Å². The van der Waals surface area contributed by atoms with Gasteiger partial charge in [-0.3, -0.25) is 14.4 Å². The van der Waals surface area contributed by atoms with Gasteiger partial charge in [0.05, 0.1) is 18.1 Å². The van der Waals surface area contributed by atoms with Crippen molar-refractivity contribution in [3.05, 3.63) is 12.3 Å². The Morgan fingerprint density at radius 2 is 1.56 bits per heavy atom. The molecule has 0 aliphatic carbocycles. The van der Waals surface area contributed by atoms with Crippen molar-refractivity contribution in [2.24, 2.45) is 23.7 Å². The Kier molecular flexibility index (Phi) is 17.4. The van der Waals surface area contributed by atoms with Crippen molar-refractivity contribution in [3.63, 3.8) is 0 Å². The third-order valence-corrected chi connectivity index (χ3v) is 6.81. The van der Waals surface area contributed by atoms with Gasteiger partial charge in [0.25, 0.3) is 0 Å². The summed E-state index contributed by atoms with van der Waals surface area (Å²) in [6.07, 6.45) is 6.67. The Hall–Kier alpha value is -1.93. The molecule has 0 spiro atoms. The molecule has 0 bridgehead atoms. The molecule has 0 fully saturated rings. The molecule has 210 valence electrons. The van der Waals surface area contributed by atoms with E-state index in [0.717, 1.165) is 19.3 Å². The van der Waals surface area contributed by atoms with Crippen LogP contribution in [0.2, 0.25) is 0 Å². The van der Waals surface area contributed by atoms with Crippen LogP contribution >= 0.6 is 0 Å². The number of methoxy groups -OCH3 is 2. The van der Waals surface area contributed by atoms with Crippen LogP contribution in [0.4, 0.5) is 0 Å². The molecule has 0 N–H and O–H groups in total. The minimum absolute atomic E-state index is 0.00429. The number of amides is 1. The fraction of sp³-hybridized carbons (Fsp3) is 0.821. The van der Waals surface area contributed by atoms with Crippen LogP contribution in [-0.2, 0) is 33.3 Å². The molecule has 7 atom stereocenters. The average Bonchev–Trinajstić information content (AvgIpc) is 2.86. The SMILES string of the molecule is CCC(=O)O[C@H](CC)C[C@H](OC)[C@@H](C)CC[C@@H](OC(=O)C(C)C)[C@H](C)[C@H](OC)[C@H](C)/C=C/N(C)C=O. The highest BCUT2D eigenvalue weighted by Crippen LogP contribution is 2.29. The second-order valence-corrected chi connectivity index (χ2v) is 10.1. The predicted molar refractivity (Wildman–Crippen MR) is 141 cm³/mol. The van der Waals surface area contributed by atoms with Gasteiger partial charge in [-0.15, -0.1) is 0 Å². The van der Waals surface area contributed by atoms with E-state index in [-0.39, 0.29) is 60.0 Å². The van der Waals surface area contributed by atoms with E-state index in [2.05, 4.69) is 6.92 Å². The van der Waals surface area contributed by atoms with Crippen molar-refractivity contribution in [2.45, 2.75) is 105 Å². The van der Waals surface area contributed by atoms with Crippen molar-refractivity contribution < 1.29 is 33.3 Å². The van der Waals surface area contributed by atoms with E-state index >= 15 is 0 Å². The first kappa shape index (κ1) is 34.1. The van der Waals surface area contributed by atoms with Gasteiger partial charge in [0.1, 0.15) is 12.2 Å². The van der Waals surface area contributed by atoms with Crippen LogP contribution in [0.5, 0.6) is 0 Å². The van der Waals surface area contributed by atoms with E-state index in [1.165, 1.54) is 4.90 Å². The minimum atomic E-state index is -0.343. The number of hydrogen-bond donors (Lipinski definition) is 0. The molecule has 8 heteroatoms. The Morgan fingerprint density at radius 1 is 0.917 bits per heavy atom. The number of carbonyl (C=O) groups is 3. The first-order chi connectivity index (χ1) is 16.9. The van der Waals surface area contributed by atoms with Crippen LogP contribution < -0.4 is 0 Å². The number of carbonyl (C=O) groups excluding carboxylic acids is 3. The fourth-order valence-corrected chi connectivity index (χ4v) is 4.25. The van der Waals surface area contributed by atoms with E-state index < -0.39 is 0 Å². The maximum atomic E-state index is 12.5. The van der Waals surface area contributed by atoms with Gasteiger partial charge in [0, 0.05) is 52.1 Å². The van der Waals surface area contributed by atoms with Gasteiger partial charge in [0.15, 0.2) is 0 Å². The van der Waals surface area contributed by atoms with Crippen LogP contribution in [-0.4, -0.2) is 68.9 Å². The van der Waals surface area contributed by atoms with Crippen LogP contribution in [0.1, 0.15) is 80.6 Å². The predicted octanol–water partition coefficient (Wildman–Crippen LogP) is 5.00. The second-order valence-electron chi connectivity index (χ2n) is 10.1. The summed E-state index contributed by atoms with van der Waals surface area (Å²) in [6, 6.07) is 0. The van der Waals surface area contributed by atoms with Crippen molar-refractivity contribution in [1.29, 1.82) is 0 Å². The van der Waals surface area contributed by atoms with Crippen molar-refractivity contribution in [2.75, 3.05) is 21.3 Å². The highest BCUT2D eigenvalue weighted by molar-refractivity contribution is 5.71. The molecular formula is C28H51NO7. The van der Waals surface area contributed by atoms with Crippen molar-refractivity contribution >= 4 is 18.3 Å². The molecule has 0 unspecified atom stereocenters. The summed E-state index contributed by atoms with van der Waals surface area (Å²) < 4.78 is 23.1. The van der Waals surface area contributed by atoms with Crippen LogP contribution in [0.25, 0.3) is 0 Å². The van der Waals surface area contributed by atoms with Gasteiger partial charge >= 0.3 is 11.9 Å². The Labute approximate surface area is 219 Å². The molecule has 0 rings (SSSR count). The molecular weight excluding hydrogens is 462 g/mol. The molecule has 0 radical (unpaired) electrons. The lowest BCUT2D eigenvalue weighted by molar-refractivity contribution is -0.159. The van der Waals surface area contributed by atoms with Gasteiger partial charge < -0.3 is 23.8 Å². The molecule has 0 aromatic rings. The van der Waals surface area contributed by atoms with E-state index in [4.69, 9.17) is 18.9 Å². The van der Waals surface area contributed by atoms with Crippen molar-refractivity contribution in [3.8, 4) is 0 Å². The summed E-state index contributed by atoms with van der Waals surface area (Å²) in [5.74, 6) is -0.597. The highest BCUT2D eigenvalue weighted by atomic mass is 16.6. The number of esters is 2. The van der Waals surface area contributed by atoms with Crippen LogP contribution in [0.15, 0.2) is 12.3 Å². The monoisotopic (exact) mass is 513 g/mol. The van der Waals surface area contributed by atoms with E-state index in [9.17, 15) is 14.4 Å². The average molecular weight is 514 g/mol. The summed E-state index contributed by atoms with van der Waals surface area (Å²) in [7, 11) is 5.01. The molecule has 36 heavy (non-hydrogen) atoms. The summed E-state index contributed by atoms with van der Waals surface area (Å²) in [6.45, 7) is 13.6. The highest BCUT2D eigenvalue weighted by Gasteiger charge is 2.33. The molecule has 0 aliphatic heterocycles. The van der Waals surface area contributed by atoms with E-state index in [1.54, 1.807) is 34.4 Å². The third-order valence-electron chi connectivity index (χ3n) is 6.81. The fourth-order valence-electron chi connectivity index (χ4n) is 4.25. The molecule has 0 saturated carbocycles. The van der Waals surface area contributed by atoms with Crippen LogP contribution in [0, 0.1) is 23.7 Å². The number of rotatable bonds is 19. The Balaban J connectivity index is 5.51. The Bertz CT molecular complexity index is 666. The Morgan fingerprint density at radius 3 is 2.03 bits per heavy atom. The molecule has 0 saturated heterocycles. The lowest BCUT2D eigenvalue weighted by atomic mass is 9.84. The minimum Gasteiger partial charge on any atom is -0.462 e. The molecule has 1 amide bonds. The van der Waals surface area contributed by atoms with E-state index in [0.29, 0.717) is 19.3 Å². The molecule has 0 aromatic carbocycles. The number of hydrogen-bond acceptors (Lipinski definition) is 7. The zero-order chi connectivity index (χ0) is 27.8. The van der Waals surface area contributed by atoms with Gasteiger partial charge in [-0.05, 0) is 25.2 Å². The van der Waals surface area contributed by atoms with E-state index in [1.807, 2.05) is 40.7 Å². The maximum Gasteiger partial charge on any atom is 0.308 e.